The number of urea groups is 1. The summed E-state index contributed by atoms with van der Waals surface area (Å²) in [7, 11) is 0. The number of hydrogen-bond donors (Lipinski definition) is 2. The molecule has 1 aliphatic heterocycles. The maximum Gasteiger partial charge on any atom is 0.312 e. The van der Waals surface area contributed by atoms with Crippen molar-refractivity contribution in [3.05, 3.63) is 30.1 Å². The van der Waals surface area contributed by atoms with Gasteiger partial charge in [-0.25, -0.2) is 4.79 Å². The van der Waals surface area contributed by atoms with Crippen LogP contribution in [0.5, 0.6) is 0 Å². The van der Waals surface area contributed by atoms with Gasteiger partial charge in [0.15, 0.2) is 0 Å². The van der Waals surface area contributed by atoms with Crippen LogP contribution in [-0.4, -0.2) is 58.9 Å². The van der Waals surface area contributed by atoms with Gasteiger partial charge in [0, 0.05) is 45.1 Å². The number of nitrogens with two attached hydrogens (primary N) is 1. The molecule has 0 bridgehead atoms. The number of piperazine rings is 1. The first kappa shape index (κ1) is 18.2. The summed E-state index contributed by atoms with van der Waals surface area (Å²) in [6.45, 7) is 9.53. The lowest BCUT2D eigenvalue weighted by Gasteiger charge is -2.39. The molecule has 1 saturated heterocycles. The third-order valence-electron chi connectivity index (χ3n) is 4.24. The number of carbonyl (C=O) groups is 2. The van der Waals surface area contributed by atoms with E-state index in [9.17, 15) is 9.59 Å². The molecule has 3 amide bonds. The van der Waals surface area contributed by atoms with Gasteiger partial charge in [-0.2, -0.15) is 0 Å². The molecular weight excluding hydrogens is 306 g/mol. The molecule has 7 nitrogen and oxygen atoms in total. The number of carbonyl (C=O) groups excluding carboxylic acids is 2. The van der Waals surface area contributed by atoms with E-state index in [0.29, 0.717) is 13.1 Å². The summed E-state index contributed by atoms with van der Waals surface area (Å²) in [5.41, 5.74) is 6.06. The maximum absolute atomic E-state index is 12.8. The van der Waals surface area contributed by atoms with Gasteiger partial charge < -0.3 is 16.0 Å². The zero-order valence-corrected chi connectivity index (χ0v) is 14.7. The monoisotopic (exact) mass is 333 g/mol. The number of nitrogens with zero attached hydrogens (tertiary/aromatic N) is 3. The molecule has 2 heterocycles. The van der Waals surface area contributed by atoms with E-state index in [1.165, 1.54) is 5.56 Å². The average molecular weight is 333 g/mol. The van der Waals surface area contributed by atoms with Gasteiger partial charge in [-0.15, -0.1) is 0 Å². The fourth-order valence-corrected chi connectivity index (χ4v) is 2.85. The van der Waals surface area contributed by atoms with Crippen LogP contribution in [0.25, 0.3) is 0 Å². The van der Waals surface area contributed by atoms with Crippen molar-refractivity contribution in [2.24, 2.45) is 11.1 Å². The van der Waals surface area contributed by atoms with Crippen LogP contribution in [-0.2, 0) is 11.3 Å². The molecule has 3 N–H and O–H groups in total. The Kier molecular flexibility index (Phi) is 5.77. The minimum absolute atomic E-state index is 0.0649. The van der Waals surface area contributed by atoms with Crippen molar-refractivity contribution >= 4 is 11.9 Å². The van der Waals surface area contributed by atoms with Gasteiger partial charge >= 0.3 is 6.03 Å². The molecule has 0 aliphatic carbocycles. The molecule has 0 aromatic carbocycles. The Hall–Kier alpha value is -2.15. The molecule has 1 aromatic heterocycles. The van der Waals surface area contributed by atoms with Crippen molar-refractivity contribution in [3.8, 4) is 0 Å². The Labute approximate surface area is 143 Å². The Morgan fingerprint density at radius 1 is 1.21 bits per heavy atom. The second kappa shape index (κ2) is 7.61. The Morgan fingerprint density at radius 3 is 2.29 bits per heavy atom. The fourth-order valence-electron chi connectivity index (χ4n) is 2.85. The molecule has 1 aliphatic rings. The Morgan fingerprint density at radius 2 is 1.79 bits per heavy atom. The van der Waals surface area contributed by atoms with Gasteiger partial charge in [0.2, 0.25) is 5.91 Å². The second-order valence-corrected chi connectivity index (χ2v) is 7.26. The number of nitrogens with one attached hydrogen (secondary N) is 1. The number of rotatable bonds is 4. The van der Waals surface area contributed by atoms with Crippen LogP contribution < -0.4 is 11.1 Å². The predicted octanol–water partition coefficient (Wildman–Crippen LogP) is 0.809. The number of hydrogen-bond acceptors (Lipinski definition) is 4. The normalized spacial score (nSPS) is 17.4. The van der Waals surface area contributed by atoms with E-state index in [4.69, 9.17) is 5.73 Å². The fraction of sp³-hybridized carbons (Fsp3) is 0.588. The van der Waals surface area contributed by atoms with Crippen LogP contribution in [0.15, 0.2) is 24.5 Å². The highest BCUT2D eigenvalue weighted by atomic mass is 16.2. The van der Waals surface area contributed by atoms with E-state index in [1.807, 2.05) is 37.8 Å². The first-order valence-electron chi connectivity index (χ1n) is 8.23. The summed E-state index contributed by atoms with van der Waals surface area (Å²) in [6, 6.07) is 2.73. The molecule has 1 fully saturated rings. The highest BCUT2D eigenvalue weighted by Gasteiger charge is 2.36. The molecule has 1 aromatic rings. The topological polar surface area (TPSA) is 91.6 Å². The van der Waals surface area contributed by atoms with Crippen LogP contribution >= 0.6 is 0 Å². The molecule has 2 rings (SSSR count). The molecular formula is C17H27N5O2. The van der Waals surface area contributed by atoms with Gasteiger partial charge in [0.1, 0.15) is 6.04 Å². The van der Waals surface area contributed by atoms with Gasteiger partial charge in [0.25, 0.3) is 0 Å². The number of aromatic nitrogens is 1. The lowest BCUT2D eigenvalue weighted by atomic mass is 9.85. The second-order valence-electron chi connectivity index (χ2n) is 7.26. The number of amides is 3. The van der Waals surface area contributed by atoms with E-state index in [-0.39, 0.29) is 11.3 Å². The Balaban J connectivity index is 1.92. The largest absolute Gasteiger partial charge is 0.352 e. The summed E-state index contributed by atoms with van der Waals surface area (Å²) in [6.07, 6.45) is 3.58. The zero-order chi connectivity index (χ0) is 17.7. The van der Waals surface area contributed by atoms with Crippen molar-refractivity contribution < 1.29 is 9.59 Å². The van der Waals surface area contributed by atoms with Crippen LogP contribution in [0, 0.1) is 5.41 Å². The first-order valence-corrected chi connectivity index (χ1v) is 8.23. The summed E-state index contributed by atoms with van der Waals surface area (Å²) >= 11 is 0. The SMILES string of the molecule is CC(C)(C)C(NC(N)=O)C(=O)N1CCN(Cc2ccncc2)CC1. The lowest BCUT2D eigenvalue weighted by molar-refractivity contribution is -0.137. The summed E-state index contributed by atoms with van der Waals surface area (Å²) in [4.78, 5) is 32.2. The lowest BCUT2D eigenvalue weighted by Crippen LogP contribution is -2.59. The van der Waals surface area contributed by atoms with Crippen LogP contribution in [0.4, 0.5) is 4.79 Å². The predicted molar refractivity (Wildman–Crippen MR) is 92.1 cm³/mol. The van der Waals surface area contributed by atoms with Crippen molar-refractivity contribution in [2.45, 2.75) is 33.4 Å². The van der Waals surface area contributed by atoms with E-state index < -0.39 is 12.1 Å². The van der Waals surface area contributed by atoms with Crippen molar-refractivity contribution in [1.82, 2.24) is 20.1 Å². The first-order chi connectivity index (χ1) is 11.3. The molecule has 132 valence electrons. The number of pyridine rings is 1. The van der Waals surface area contributed by atoms with E-state index >= 15 is 0 Å². The summed E-state index contributed by atoms with van der Waals surface area (Å²) in [5, 5.41) is 2.60. The maximum atomic E-state index is 12.8. The molecule has 0 spiro atoms. The van der Waals surface area contributed by atoms with E-state index in [0.717, 1.165) is 19.6 Å². The summed E-state index contributed by atoms with van der Waals surface area (Å²) < 4.78 is 0. The quantitative estimate of drug-likeness (QED) is 0.853. The third kappa shape index (κ3) is 4.92. The minimum Gasteiger partial charge on any atom is -0.352 e. The van der Waals surface area contributed by atoms with Crippen molar-refractivity contribution in [1.29, 1.82) is 0 Å². The number of primary amides is 1. The molecule has 7 heteroatoms. The van der Waals surface area contributed by atoms with E-state index in [2.05, 4.69) is 15.2 Å². The Bertz CT molecular complexity index is 562. The van der Waals surface area contributed by atoms with Crippen molar-refractivity contribution in [3.63, 3.8) is 0 Å². The molecule has 1 atom stereocenters. The average Bonchev–Trinajstić information content (AvgIpc) is 2.52. The zero-order valence-electron chi connectivity index (χ0n) is 14.7. The highest BCUT2D eigenvalue weighted by molar-refractivity contribution is 5.87. The van der Waals surface area contributed by atoms with Gasteiger partial charge in [-0.1, -0.05) is 20.8 Å². The molecule has 1 unspecified atom stereocenters. The van der Waals surface area contributed by atoms with Crippen LogP contribution in [0.3, 0.4) is 0 Å². The third-order valence-corrected chi connectivity index (χ3v) is 4.24. The smallest absolute Gasteiger partial charge is 0.312 e. The van der Waals surface area contributed by atoms with Crippen LogP contribution in [0.2, 0.25) is 0 Å². The molecule has 0 saturated carbocycles. The highest BCUT2D eigenvalue weighted by Crippen LogP contribution is 2.22. The molecule has 24 heavy (non-hydrogen) atoms. The van der Waals surface area contributed by atoms with Crippen LogP contribution in [0.1, 0.15) is 26.3 Å². The van der Waals surface area contributed by atoms with E-state index in [1.54, 1.807) is 12.4 Å². The minimum atomic E-state index is -0.667. The van der Waals surface area contributed by atoms with Gasteiger partial charge in [0.05, 0.1) is 0 Å². The summed E-state index contributed by atoms with van der Waals surface area (Å²) in [5.74, 6) is -0.0649. The standard InChI is InChI=1S/C17H27N5O2/c1-17(2,3)14(20-16(18)24)15(23)22-10-8-21(9-11-22)12-13-4-6-19-7-5-13/h4-7,14H,8-12H2,1-3H3,(H3,18,20,24). The molecule has 0 radical (unpaired) electrons. The van der Waals surface area contributed by atoms with Gasteiger partial charge in [-0.05, 0) is 23.1 Å². The van der Waals surface area contributed by atoms with Crippen molar-refractivity contribution in [2.75, 3.05) is 26.2 Å². The van der Waals surface area contributed by atoms with Gasteiger partial charge in [-0.3, -0.25) is 14.7 Å².